The number of hydrogen-bond acceptors (Lipinski definition) is 4. The van der Waals surface area contributed by atoms with E-state index in [1.165, 1.54) is 18.2 Å². The van der Waals surface area contributed by atoms with E-state index in [1.807, 2.05) is 0 Å². The third kappa shape index (κ3) is 4.51. The van der Waals surface area contributed by atoms with E-state index < -0.39 is 5.82 Å². The molecule has 2 aromatic rings. The van der Waals surface area contributed by atoms with E-state index in [9.17, 15) is 4.39 Å². The SMILES string of the molecule is CC(C)(C)CC(N)Cc1nc(-c2ccc(F)cc2Cl)no1. The molecule has 0 spiro atoms. The monoisotopic (exact) mass is 311 g/mol. The van der Waals surface area contributed by atoms with Crippen LogP contribution in [0.15, 0.2) is 22.7 Å². The molecule has 1 aromatic heterocycles. The number of nitrogens with zero attached hydrogens (tertiary/aromatic N) is 2. The molecule has 0 aliphatic heterocycles. The third-order valence-corrected chi connectivity index (χ3v) is 3.26. The van der Waals surface area contributed by atoms with E-state index >= 15 is 0 Å². The Balaban J connectivity index is 2.11. The summed E-state index contributed by atoms with van der Waals surface area (Å²) in [6, 6.07) is 4.00. The minimum absolute atomic E-state index is 0.0537. The van der Waals surface area contributed by atoms with Gasteiger partial charge in [-0.2, -0.15) is 4.98 Å². The molecular formula is C15H19ClFN3O. The zero-order valence-corrected chi connectivity index (χ0v) is 13.1. The minimum atomic E-state index is -0.403. The minimum Gasteiger partial charge on any atom is -0.339 e. The molecule has 1 heterocycles. The zero-order chi connectivity index (χ0) is 15.6. The average molecular weight is 312 g/mol. The highest BCUT2D eigenvalue weighted by Crippen LogP contribution is 2.27. The van der Waals surface area contributed by atoms with Crippen LogP contribution in [-0.4, -0.2) is 16.2 Å². The van der Waals surface area contributed by atoms with Crippen molar-refractivity contribution in [2.75, 3.05) is 0 Å². The lowest BCUT2D eigenvalue weighted by atomic mass is 9.87. The van der Waals surface area contributed by atoms with Gasteiger partial charge in [0.05, 0.1) is 5.02 Å². The van der Waals surface area contributed by atoms with Gasteiger partial charge in [-0.1, -0.05) is 37.5 Å². The molecule has 1 unspecified atom stereocenters. The van der Waals surface area contributed by atoms with E-state index in [4.69, 9.17) is 21.9 Å². The molecule has 21 heavy (non-hydrogen) atoms. The standard InChI is InChI=1S/C15H19ClFN3O/c1-15(2,3)8-10(18)7-13-19-14(20-21-13)11-5-4-9(17)6-12(11)16/h4-6,10H,7-8,18H2,1-3H3. The van der Waals surface area contributed by atoms with Gasteiger partial charge in [0, 0.05) is 18.0 Å². The fourth-order valence-corrected chi connectivity index (χ4v) is 2.45. The molecule has 0 aliphatic rings. The first-order valence-corrected chi connectivity index (χ1v) is 7.16. The van der Waals surface area contributed by atoms with Crippen molar-refractivity contribution in [2.45, 2.75) is 39.7 Å². The summed E-state index contributed by atoms with van der Waals surface area (Å²) in [4.78, 5) is 4.28. The van der Waals surface area contributed by atoms with Crippen molar-refractivity contribution in [1.82, 2.24) is 10.1 Å². The van der Waals surface area contributed by atoms with Crippen LogP contribution in [0.2, 0.25) is 5.02 Å². The van der Waals surface area contributed by atoms with Gasteiger partial charge in [-0.25, -0.2) is 4.39 Å². The Bertz CT molecular complexity index is 622. The third-order valence-electron chi connectivity index (χ3n) is 2.95. The molecule has 1 atom stereocenters. The molecule has 0 bridgehead atoms. The normalized spacial score (nSPS) is 13.4. The molecular weight excluding hydrogens is 293 g/mol. The van der Waals surface area contributed by atoms with Gasteiger partial charge < -0.3 is 10.3 Å². The molecule has 6 heteroatoms. The molecule has 0 saturated heterocycles. The zero-order valence-electron chi connectivity index (χ0n) is 12.4. The van der Waals surface area contributed by atoms with Crippen LogP contribution in [-0.2, 0) is 6.42 Å². The van der Waals surface area contributed by atoms with Crippen LogP contribution in [0, 0.1) is 11.2 Å². The molecule has 0 radical (unpaired) electrons. The van der Waals surface area contributed by atoms with Crippen LogP contribution < -0.4 is 5.73 Å². The van der Waals surface area contributed by atoms with Crippen molar-refractivity contribution in [3.63, 3.8) is 0 Å². The maximum atomic E-state index is 13.0. The van der Waals surface area contributed by atoms with Crippen molar-refractivity contribution < 1.29 is 8.91 Å². The van der Waals surface area contributed by atoms with E-state index in [0.717, 1.165) is 6.42 Å². The number of rotatable bonds is 4. The Kier molecular flexibility index (Phi) is 4.64. The highest BCUT2D eigenvalue weighted by atomic mass is 35.5. The summed E-state index contributed by atoms with van der Waals surface area (Å²) < 4.78 is 18.2. The first kappa shape index (κ1) is 15.9. The maximum absolute atomic E-state index is 13.0. The van der Waals surface area contributed by atoms with Gasteiger partial charge in [0.2, 0.25) is 11.7 Å². The Labute approximate surface area is 128 Å². The van der Waals surface area contributed by atoms with Crippen LogP contribution in [0.3, 0.4) is 0 Å². The first-order valence-electron chi connectivity index (χ1n) is 6.78. The van der Waals surface area contributed by atoms with Crippen molar-refractivity contribution in [3.8, 4) is 11.4 Å². The molecule has 0 fully saturated rings. The smallest absolute Gasteiger partial charge is 0.228 e. The number of benzene rings is 1. The summed E-state index contributed by atoms with van der Waals surface area (Å²) >= 11 is 5.98. The molecule has 114 valence electrons. The van der Waals surface area contributed by atoms with Gasteiger partial charge in [-0.05, 0) is 30.0 Å². The predicted molar refractivity (Wildman–Crippen MR) is 80.5 cm³/mol. The van der Waals surface area contributed by atoms with Gasteiger partial charge in [0.1, 0.15) is 5.82 Å². The van der Waals surface area contributed by atoms with Crippen molar-refractivity contribution in [1.29, 1.82) is 0 Å². The number of halogens is 2. The first-order chi connectivity index (χ1) is 9.74. The Morgan fingerprint density at radius 3 is 2.71 bits per heavy atom. The Morgan fingerprint density at radius 1 is 1.38 bits per heavy atom. The topological polar surface area (TPSA) is 64.9 Å². The second-order valence-electron chi connectivity index (χ2n) is 6.36. The highest BCUT2D eigenvalue weighted by Gasteiger charge is 2.19. The summed E-state index contributed by atoms with van der Waals surface area (Å²) in [6.45, 7) is 6.39. The van der Waals surface area contributed by atoms with E-state index in [1.54, 1.807) is 0 Å². The van der Waals surface area contributed by atoms with E-state index in [0.29, 0.717) is 23.7 Å². The molecule has 2 rings (SSSR count). The van der Waals surface area contributed by atoms with Gasteiger partial charge in [-0.15, -0.1) is 0 Å². The van der Waals surface area contributed by atoms with E-state index in [-0.39, 0.29) is 16.5 Å². The fraction of sp³-hybridized carbons (Fsp3) is 0.467. The Morgan fingerprint density at radius 2 is 2.10 bits per heavy atom. The highest BCUT2D eigenvalue weighted by molar-refractivity contribution is 6.33. The average Bonchev–Trinajstić information content (AvgIpc) is 2.74. The van der Waals surface area contributed by atoms with Crippen molar-refractivity contribution >= 4 is 11.6 Å². The summed E-state index contributed by atoms with van der Waals surface area (Å²) in [5, 5.41) is 4.13. The lowest BCUT2D eigenvalue weighted by Crippen LogP contribution is -2.28. The quantitative estimate of drug-likeness (QED) is 0.931. The molecule has 2 N–H and O–H groups in total. The second-order valence-corrected chi connectivity index (χ2v) is 6.77. The number of aromatic nitrogens is 2. The number of nitrogens with two attached hydrogens (primary N) is 1. The van der Waals surface area contributed by atoms with E-state index in [2.05, 4.69) is 30.9 Å². The van der Waals surface area contributed by atoms with Gasteiger partial charge in [-0.3, -0.25) is 0 Å². The van der Waals surface area contributed by atoms with Gasteiger partial charge in [0.25, 0.3) is 0 Å². The van der Waals surface area contributed by atoms with Crippen LogP contribution in [0.4, 0.5) is 4.39 Å². The van der Waals surface area contributed by atoms with Crippen molar-refractivity contribution in [2.24, 2.45) is 11.1 Å². The number of hydrogen-bond donors (Lipinski definition) is 1. The summed E-state index contributed by atoms with van der Waals surface area (Å²) in [5.41, 5.74) is 6.77. The molecule has 1 aromatic carbocycles. The van der Waals surface area contributed by atoms with Crippen molar-refractivity contribution in [3.05, 3.63) is 34.9 Å². The summed E-state index contributed by atoms with van der Waals surface area (Å²) in [5.74, 6) is 0.403. The largest absolute Gasteiger partial charge is 0.339 e. The fourth-order valence-electron chi connectivity index (χ4n) is 2.20. The second kappa shape index (κ2) is 6.12. The molecule has 0 amide bonds. The summed E-state index contributed by atoms with van der Waals surface area (Å²) in [7, 11) is 0. The van der Waals surface area contributed by atoms with Crippen LogP contribution >= 0.6 is 11.6 Å². The lowest BCUT2D eigenvalue weighted by Gasteiger charge is -2.21. The van der Waals surface area contributed by atoms with Gasteiger partial charge in [0.15, 0.2) is 0 Å². The molecule has 4 nitrogen and oxygen atoms in total. The lowest BCUT2D eigenvalue weighted by molar-refractivity contribution is 0.313. The predicted octanol–water partition coefficient (Wildman–Crippen LogP) is 3.84. The molecule has 0 aliphatic carbocycles. The molecule has 0 saturated carbocycles. The van der Waals surface area contributed by atoms with Crippen LogP contribution in [0.5, 0.6) is 0 Å². The Hall–Kier alpha value is -1.46. The van der Waals surface area contributed by atoms with Gasteiger partial charge >= 0.3 is 0 Å². The summed E-state index contributed by atoms with van der Waals surface area (Å²) in [6.07, 6.45) is 1.35. The maximum Gasteiger partial charge on any atom is 0.228 e. The van der Waals surface area contributed by atoms with Crippen LogP contribution in [0.1, 0.15) is 33.1 Å². The van der Waals surface area contributed by atoms with Crippen LogP contribution in [0.25, 0.3) is 11.4 Å².